The van der Waals surface area contributed by atoms with Crippen LogP contribution in [-0.4, -0.2) is 11.2 Å². The molecule has 0 radical (unpaired) electrons. The molecule has 0 aromatic heterocycles. The van der Waals surface area contributed by atoms with Gasteiger partial charge < -0.3 is 5.11 Å². The second-order valence-electron chi connectivity index (χ2n) is 15.2. The zero-order chi connectivity index (χ0) is 23.5. The number of hydrogen-bond donors (Lipinski definition) is 1. The Balaban J connectivity index is 1.57. The van der Waals surface area contributed by atoms with E-state index in [-0.39, 0.29) is 16.9 Å². The first-order chi connectivity index (χ1) is 14.7. The van der Waals surface area contributed by atoms with Crippen LogP contribution in [0.2, 0.25) is 0 Å². The molecule has 1 heteroatoms. The first kappa shape index (κ1) is 23.4. The lowest BCUT2D eigenvalue weighted by molar-refractivity contribution is -0.282. The molecule has 0 saturated heterocycles. The summed E-state index contributed by atoms with van der Waals surface area (Å²) in [7, 11) is 0. The average Bonchev–Trinajstić information content (AvgIpc) is 2.72. The summed E-state index contributed by atoms with van der Waals surface area (Å²) in [6.45, 7) is 25.2. The van der Waals surface area contributed by atoms with Crippen molar-refractivity contribution in [3.63, 3.8) is 0 Å². The highest BCUT2D eigenvalue weighted by Gasteiger charge is 2.72. The minimum atomic E-state index is -0.152. The molecule has 5 rings (SSSR count). The fourth-order valence-electron chi connectivity index (χ4n) is 11.6. The van der Waals surface area contributed by atoms with Gasteiger partial charge in [-0.1, -0.05) is 67.5 Å². The molecule has 1 nitrogen and oxygen atoms in total. The predicted molar refractivity (Wildman–Crippen MR) is 135 cm³/mol. The van der Waals surface area contributed by atoms with E-state index in [2.05, 4.69) is 62.0 Å². The molecule has 0 aromatic carbocycles. The molecule has 0 aliphatic heterocycles. The summed E-state index contributed by atoms with van der Waals surface area (Å²) in [4.78, 5) is 0. The quantitative estimate of drug-likeness (QED) is 0.375. The molecular formula is C31H52O. The van der Waals surface area contributed by atoms with Crippen LogP contribution >= 0.6 is 0 Å². The number of fused-ring (bicyclic) bond motifs is 7. The van der Waals surface area contributed by atoms with Gasteiger partial charge in [0.1, 0.15) is 0 Å². The van der Waals surface area contributed by atoms with E-state index < -0.39 is 0 Å². The van der Waals surface area contributed by atoms with Crippen LogP contribution in [0.5, 0.6) is 0 Å². The van der Waals surface area contributed by atoms with Crippen LogP contribution in [0.1, 0.15) is 120 Å². The van der Waals surface area contributed by atoms with Crippen molar-refractivity contribution in [3.8, 4) is 0 Å². The largest absolute Gasteiger partial charge is 0.393 e. The molecule has 0 spiro atoms. The van der Waals surface area contributed by atoms with E-state index in [1.54, 1.807) is 0 Å². The van der Waals surface area contributed by atoms with E-state index in [0.29, 0.717) is 27.6 Å². The van der Waals surface area contributed by atoms with Gasteiger partial charge in [0.05, 0.1) is 6.10 Å². The van der Waals surface area contributed by atoms with Crippen LogP contribution in [0.3, 0.4) is 0 Å². The first-order valence-corrected chi connectivity index (χ1v) is 14.0. The number of hydrogen-bond acceptors (Lipinski definition) is 1. The Bertz CT molecular complexity index is 811. The molecule has 182 valence electrons. The van der Waals surface area contributed by atoms with Gasteiger partial charge in [0.15, 0.2) is 0 Å². The topological polar surface area (TPSA) is 20.2 Å². The van der Waals surface area contributed by atoms with Gasteiger partial charge in [0, 0.05) is 0 Å². The maximum atomic E-state index is 11.1. The zero-order valence-corrected chi connectivity index (χ0v) is 22.6. The van der Waals surface area contributed by atoms with Crippen molar-refractivity contribution in [3.05, 3.63) is 12.2 Å². The monoisotopic (exact) mass is 440 g/mol. The van der Waals surface area contributed by atoms with E-state index in [1.165, 1.54) is 63.4 Å². The van der Waals surface area contributed by atoms with Gasteiger partial charge in [0.2, 0.25) is 0 Å². The minimum Gasteiger partial charge on any atom is -0.393 e. The molecular weight excluding hydrogens is 388 g/mol. The highest BCUT2D eigenvalue weighted by molar-refractivity contribution is 5.23. The van der Waals surface area contributed by atoms with Crippen molar-refractivity contribution < 1.29 is 5.11 Å². The van der Waals surface area contributed by atoms with Crippen LogP contribution in [0.15, 0.2) is 12.2 Å². The second-order valence-corrected chi connectivity index (χ2v) is 15.2. The van der Waals surface area contributed by atoms with Gasteiger partial charge in [-0.3, -0.25) is 0 Å². The summed E-state index contributed by atoms with van der Waals surface area (Å²) >= 11 is 0. The van der Waals surface area contributed by atoms with Gasteiger partial charge in [-0.2, -0.15) is 0 Å². The van der Waals surface area contributed by atoms with Crippen molar-refractivity contribution in [2.24, 2.45) is 56.2 Å². The van der Waals surface area contributed by atoms with Gasteiger partial charge in [-0.05, 0) is 120 Å². The Hall–Kier alpha value is -0.300. The second kappa shape index (κ2) is 6.67. The maximum absolute atomic E-state index is 11.1. The Morgan fingerprint density at radius 1 is 0.750 bits per heavy atom. The smallest absolute Gasteiger partial charge is 0.0596 e. The number of rotatable bonds is 0. The van der Waals surface area contributed by atoms with E-state index in [4.69, 9.17) is 0 Å². The minimum absolute atomic E-state index is 0.000153. The van der Waals surface area contributed by atoms with Gasteiger partial charge in [-0.25, -0.2) is 0 Å². The summed E-state index contributed by atoms with van der Waals surface area (Å²) in [5.74, 6) is 3.15. The Morgan fingerprint density at radius 3 is 2.09 bits per heavy atom. The van der Waals surface area contributed by atoms with Gasteiger partial charge in [-0.15, -0.1) is 0 Å². The summed E-state index contributed by atoms with van der Waals surface area (Å²) in [6, 6.07) is 0. The lowest BCUT2D eigenvalue weighted by Crippen LogP contribution is -2.70. The molecule has 1 N–H and O–H groups in total. The van der Waals surface area contributed by atoms with Crippen molar-refractivity contribution in [2.45, 2.75) is 126 Å². The summed E-state index contributed by atoms with van der Waals surface area (Å²) in [5.41, 5.74) is 3.48. The molecule has 0 heterocycles. The highest BCUT2D eigenvalue weighted by atomic mass is 16.3. The van der Waals surface area contributed by atoms with E-state index >= 15 is 0 Å². The molecule has 0 amide bonds. The normalized spacial score (nSPS) is 59.4. The fourth-order valence-corrected chi connectivity index (χ4v) is 11.6. The molecule has 0 aromatic rings. The van der Waals surface area contributed by atoms with Crippen LogP contribution < -0.4 is 0 Å². The third kappa shape index (κ3) is 2.46. The molecule has 5 saturated carbocycles. The van der Waals surface area contributed by atoms with Crippen molar-refractivity contribution in [1.82, 2.24) is 0 Å². The molecule has 5 aliphatic rings. The van der Waals surface area contributed by atoms with Crippen LogP contribution in [0, 0.1) is 56.2 Å². The first-order valence-electron chi connectivity index (χ1n) is 14.0. The third-order valence-corrected chi connectivity index (χ3v) is 14.7. The van der Waals surface area contributed by atoms with Crippen molar-refractivity contribution in [2.75, 3.05) is 0 Å². The lowest BCUT2D eigenvalue weighted by Gasteiger charge is -2.76. The molecule has 5 aliphatic carbocycles. The standard InChI is InChI=1S/C31H52O/c1-20-12-14-27(5)16-17-28(6)22(25(27)21(20)2)10-11-23-29(28,7)18-19-31(9)26(3,4)24(32)13-15-30(23,31)8/h21-25,32H,1,10-19H2,2-9H3/t21-,22-,23+,24+,25-,27-,28-,29-,30-,31+/m1/s1. The van der Waals surface area contributed by atoms with Gasteiger partial charge in [0.25, 0.3) is 0 Å². The third-order valence-electron chi connectivity index (χ3n) is 14.7. The van der Waals surface area contributed by atoms with Crippen LogP contribution in [0.4, 0.5) is 0 Å². The number of allylic oxidation sites excluding steroid dienone is 1. The lowest BCUT2D eigenvalue weighted by atomic mass is 9.28. The molecule has 0 bridgehead atoms. The summed E-state index contributed by atoms with van der Waals surface area (Å²) < 4.78 is 0. The molecule has 32 heavy (non-hydrogen) atoms. The summed E-state index contributed by atoms with van der Waals surface area (Å²) in [6.07, 6.45) is 13.0. The van der Waals surface area contributed by atoms with Gasteiger partial charge >= 0.3 is 0 Å². The van der Waals surface area contributed by atoms with E-state index in [1.807, 2.05) is 0 Å². The van der Waals surface area contributed by atoms with E-state index in [9.17, 15) is 5.11 Å². The van der Waals surface area contributed by atoms with E-state index in [0.717, 1.165) is 24.2 Å². The Labute approximate surface area is 199 Å². The molecule has 5 fully saturated rings. The van der Waals surface area contributed by atoms with Crippen LogP contribution in [0.25, 0.3) is 0 Å². The number of aliphatic hydroxyl groups excluding tert-OH is 1. The average molecular weight is 441 g/mol. The Kier molecular flexibility index (Phi) is 4.89. The highest BCUT2D eigenvalue weighted by Crippen LogP contribution is 2.79. The predicted octanol–water partition coefficient (Wildman–Crippen LogP) is 8.41. The zero-order valence-electron chi connectivity index (χ0n) is 22.6. The Morgan fingerprint density at radius 2 is 1.41 bits per heavy atom. The SMILES string of the molecule is C=C1CC[C@]2(C)CC[C@]3(C)[C@H](CC[C@@H]4[C@@]5(C)CC[C@H](O)C(C)(C)[C@]5(C)CC[C@]43C)[C@H]2[C@@H]1C. The van der Waals surface area contributed by atoms with Crippen molar-refractivity contribution >= 4 is 0 Å². The molecule has 10 atom stereocenters. The molecule has 0 unspecified atom stereocenters. The van der Waals surface area contributed by atoms with Crippen LogP contribution in [-0.2, 0) is 0 Å². The fraction of sp³-hybridized carbons (Fsp3) is 0.935. The van der Waals surface area contributed by atoms with Crippen molar-refractivity contribution in [1.29, 1.82) is 0 Å². The summed E-state index contributed by atoms with van der Waals surface area (Å²) in [5, 5.41) is 11.1. The number of aliphatic hydroxyl groups is 1. The maximum Gasteiger partial charge on any atom is 0.0596 e.